The molecule has 0 aromatic heterocycles. The van der Waals surface area contributed by atoms with Crippen LogP contribution in [0.2, 0.25) is 0 Å². The van der Waals surface area contributed by atoms with Gasteiger partial charge in [0.05, 0.1) is 22.3 Å². The fraction of sp³-hybridized carbons (Fsp3) is 0.500. The second kappa shape index (κ2) is 5.62. The average molecular weight is 331 g/mol. The zero-order valence-electron chi connectivity index (χ0n) is 11.9. The minimum absolute atomic E-state index is 0.00341. The highest BCUT2D eigenvalue weighted by Gasteiger charge is 2.72. The quantitative estimate of drug-likeness (QED) is 0.803. The number of halogens is 1. The Morgan fingerprint density at radius 3 is 2.43 bits per heavy atom. The van der Waals surface area contributed by atoms with E-state index in [0.29, 0.717) is 5.56 Å². The van der Waals surface area contributed by atoms with Crippen LogP contribution < -0.4 is 5.73 Å². The third-order valence-electron chi connectivity index (χ3n) is 4.12. The standard InChI is InChI=1S/C14H18FNO3S2/c1-3-21(17,18)12-11(9-4-6-10(15)7-5-9)14(12,8-19-2)13(16)20/h4-7,11-12H,3,8H2,1-2H3,(H2,16,20)/t11-,12+,14-/m0/s1. The predicted molar refractivity (Wildman–Crippen MR) is 83.5 cm³/mol. The van der Waals surface area contributed by atoms with Gasteiger partial charge in [-0.2, -0.15) is 0 Å². The van der Waals surface area contributed by atoms with Crippen LogP contribution in [0.4, 0.5) is 4.39 Å². The van der Waals surface area contributed by atoms with Crippen molar-refractivity contribution < 1.29 is 17.5 Å². The van der Waals surface area contributed by atoms with Gasteiger partial charge in [0, 0.05) is 18.8 Å². The normalized spacial score (nSPS) is 28.3. The number of sulfone groups is 1. The van der Waals surface area contributed by atoms with Crippen molar-refractivity contribution in [3.63, 3.8) is 0 Å². The highest BCUT2D eigenvalue weighted by Crippen LogP contribution is 2.63. The van der Waals surface area contributed by atoms with E-state index in [9.17, 15) is 12.8 Å². The zero-order valence-corrected chi connectivity index (χ0v) is 13.5. The number of benzene rings is 1. The lowest BCUT2D eigenvalue weighted by Gasteiger charge is -2.15. The maximum absolute atomic E-state index is 13.1. The lowest BCUT2D eigenvalue weighted by molar-refractivity contribution is 0.166. The predicted octanol–water partition coefficient (Wildman–Crippen LogP) is 1.65. The highest BCUT2D eigenvalue weighted by atomic mass is 32.2. The number of hydrogen-bond acceptors (Lipinski definition) is 4. The lowest BCUT2D eigenvalue weighted by Crippen LogP contribution is -2.33. The molecule has 0 unspecified atom stereocenters. The van der Waals surface area contributed by atoms with Crippen molar-refractivity contribution in [3.05, 3.63) is 35.6 Å². The molecule has 0 heterocycles. The van der Waals surface area contributed by atoms with E-state index >= 15 is 0 Å². The van der Waals surface area contributed by atoms with Gasteiger partial charge in [-0.15, -0.1) is 0 Å². The second-order valence-corrected chi connectivity index (χ2v) is 8.09. The second-order valence-electron chi connectivity index (χ2n) is 5.24. The number of methoxy groups -OCH3 is 1. The van der Waals surface area contributed by atoms with Gasteiger partial charge in [-0.25, -0.2) is 12.8 Å². The largest absolute Gasteiger partial charge is 0.393 e. The van der Waals surface area contributed by atoms with Crippen molar-refractivity contribution in [3.8, 4) is 0 Å². The number of hydrogen-bond donors (Lipinski definition) is 1. The van der Waals surface area contributed by atoms with Gasteiger partial charge < -0.3 is 10.5 Å². The fourth-order valence-corrected chi connectivity index (χ4v) is 5.49. The summed E-state index contributed by atoms with van der Waals surface area (Å²) < 4.78 is 43.0. The van der Waals surface area contributed by atoms with Crippen LogP contribution in [-0.2, 0) is 14.6 Å². The van der Waals surface area contributed by atoms with Gasteiger partial charge in [0.15, 0.2) is 9.84 Å². The SMILES string of the molecule is CCS(=O)(=O)[C@@H]1[C@H](c2ccc(F)cc2)[C@]1(COC)C(N)=S. The van der Waals surface area contributed by atoms with E-state index in [2.05, 4.69) is 0 Å². The van der Waals surface area contributed by atoms with Crippen molar-refractivity contribution in [1.82, 2.24) is 0 Å². The number of rotatable bonds is 6. The van der Waals surface area contributed by atoms with E-state index in [1.165, 1.54) is 19.2 Å². The van der Waals surface area contributed by atoms with Crippen LogP contribution in [0, 0.1) is 11.2 Å². The molecule has 2 rings (SSSR count). The van der Waals surface area contributed by atoms with Crippen molar-refractivity contribution in [1.29, 1.82) is 0 Å². The summed E-state index contributed by atoms with van der Waals surface area (Å²) in [4.78, 5) is 0.126. The third-order valence-corrected chi connectivity index (χ3v) is 6.77. The van der Waals surface area contributed by atoms with E-state index in [-0.39, 0.29) is 29.1 Å². The van der Waals surface area contributed by atoms with E-state index in [1.807, 2.05) is 0 Å². The molecule has 1 aromatic carbocycles. The summed E-state index contributed by atoms with van der Waals surface area (Å²) in [6.45, 7) is 1.72. The Balaban J connectivity index is 2.51. The summed E-state index contributed by atoms with van der Waals surface area (Å²) in [7, 11) is -1.87. The highest BCUT2D eigenvalue weighted by molar-refractivity contribution is 7.92. The van der Waals surface area contributed by atoms with Gasteiger partial charge in [0.25, 0.3) is 0 Å². The molecule has 0 spiro atoms. The summed E-state index contributed by atoms with van der Waals surface area (Å²) in [5, 5.41) is -0.710. The van der Waals surface area contributed by atoms with Crippen LogP contribution in [0.15, 0.2) is 24.3 Å². The molecule has 1 aliphatic rings. The molecule has 4 nitrogen and oxygen atoms in total. The molecule has 1 aromatic rings. The summed E-state index contributed by atoms with van der Waals surface area (Å²) in [6, 6.07) is 5.77. The summed E-state index contributed by atoms with van der Waals surface area (Å²) in [5.74, 6) is -0.758. The van der Waals surface area contributed by atoms with Crippen molar-refractivity contribution in [2.45, 2.75) is 18.1 Å². The molecule has 0 radical (unpaired) electrons. The zero-order chi connectivity index (χ0) is 15.8. The Morgan fingerprint density at radius 1 is 1.43 bits per heavy atom. The minimum Gasteiger partial charge on any atom is -0.393 e. The van der Waals surface area contributed by atoms with Crippen LogP contribution in [-0.4, -0.2) is 38.1 Å². The van der Waals surface area contributed by atoms with E-state index in [4.69, 9.17) is 22.7 Å². The average Bonchev–Trinajstić information content (AvgIpc) is 3.11. The van der Waals surface area contributed by atoms with Crippen LogP contribution in [0.5, 0.6) is 0 Å². The lowest BCUT2D eigenvalue weighted by atomic mass is 10.00. The molecule has 0 amide bonds. The maximum atomic E-state index is 13.1. The molecule has 1 saturated carbocycles. The molecule has 3 atom stereocenters. The number of ether oxygens (including phenoxy) is 1. The molecule has 1 fully saturated rings. The topological polar surface area (TPSA) is 69.4 Å². The van der Waals surface area contributed by atoms with Crippen molar-refractivity contribution >= 4 is 27.0 Å². The van der Waals surface area contributed by atoms with Gasteiger partial charge in [0.2, 0.25) is 0 Å². The van der Waals surface area contributed by atoms with E-state index < -0.39 is 20.5 Å². The molecular formula is C14H18FNO3S2. The summed E-state index contributed by atoms with van der Waals surface area (Å²) >= 11 is 5.12. The van der Waals surface area contributed by atoms with Gasteiger partial charge in [-0.05, 0) is 17.7 Å². The first-order valence-corrected chi connectivity index (χ1v) is 8.69. The molecule has 2 N–H and O–H groups in total. The molecule has 116 valence electrons. The molecule has 0 aliphatic heterocycles. The number of nitrogens with two attached hydrogens (primary N) is 1. The van der Waals surface area contributed by atoms with Gasteiger partial charge >= 0.3 is 0 Å². The first-order valence-electron chi connectivity index (χ1n) is 6.57. The van der Waals surface area contributed by atoms with Crippen LogP contribution in [0.1, 0.15) is 18.4 Å². The van der Waals surface area contributed by atoms with Crippen molar-refractivity contribution in [2.75, 3.05) is 19.5 Å². The molecule has 0 bridgehead atoms. The third kappa shape index (κ3) is 2.58. The Bertz CT molecular complexity index is 645. The molecule has 0 saturated heterocycles. The van der Waals surface area contributed by atoms with Crippen LogP contribution >= 0.6 is 12.2 Å². The summed E-state index contributed by atoms with van der Waals surface area (Å²) in [6.07, 6.45) is 0. The van der Waals surface area contributed by atoms with Gasteiger partial charge in [-0.1, -0.05) is 31.3 Å². The summed E-state index contributed by atoms with van der Waals surface area (Å²) in [5.41, 5.74) is 5.64. The van der Waals surface area contributed by atoms with Gasteiger partial charge in [-0.3, -0.25) is 0 Å². The minimum atomic E-state index is -3.35. The van der Waals surface area contributed by atoms with Crippen LogP contribution in [0.25, 0.3) is 0 Å². The Kier molecular flexibility index (Phi) is 4.37. The first kappa shape index (κ1) is 16.3. The first-order chi connectivity index (χ1) is 9.81. The molecule has 7 heteroatoms. The fourth-order valence-electron chi connectivity index (χ4n) is 3.03. The van der Waals surface area contributed by atoms with E-state index in [0.717, 1.165) is 0 Å². The smallest absolute Gasteiger partial charge is 0.154 e. The molecule has 1 aliphatic carbocycles. The molecular weight excluding hydrogens is 313 g/mol. The Morgan fingerprint density at radius 2 is 2.00 bits per heavy atom. The Labute approximate surface area is 129 Å². The maximum Gasteiger partial charge on any atom is 0.154 e. The van der Waals surface area contributed by atoms with Crippen LogP contribution in [0.3, 0.4) is 0 Å². The molecule has 21 heavy (non-hydrogen) atoms. The monoisotopic (exact) mass is 331 g/mol. The van der Waals surface area contributed by atoms with Crippen molar-refractivity contribution in [2.24, 2.45) is 11.1 Å². The van der Waals surface area contributed by atoms with Gasteiger partial charge in [0.1, 0.15) is 5.82 Å². The van der Waals surface area contributed by atoms with E-state index in [1.54, 1.807) is 19.1 Å². The number of thiocarbonyl (C=S) groups is 1. The Hall–Kier alpha value is -1.05.